The zero-order valence-electron chi connectivity index (χ0n) is 24.1. The molecular formula is C29H34FN4O8P. The van der Waals surface area contributed by atoms with Crippen molar-refractivity contribution in [2.75, 3.05) is 6.61 Å². The summed E-state index contributed by atoms with van der Waals surface area (Å²) in [7, 11) is -4.27. The van der Waals surface area contributed by atoms with E-state index in [1.165, 1.54) is 0 Å². The van der Waals surface area contributed by atoms with E-state index in [9.17, 15) is 19.3 Å². The molecule has 4 N–H and O–H groups in total. The monoisotopic (exact) mass is 616 g/mol. The van der Waals surface area contributed by atoms with Crippen molar-refractivity contribution in [3.05, 3.63) is 87.9 Å². The number of hydrogen-bond acceptors (Lipinski definition) is 8. The normalized spacial score (nSPS) is 24.3. The van der Waals surface area contributed by atoms with Crippen LogP contribution in [0.25, 0.3) is 21.8 Å². The van der Waals surface area contributed by atoms with Crippen LogP contribution in [0.15, 0.2) is 76.7 Å². The van der Waals surface area contributed by atoms with Crippen molar-refractivity contribution in [1.82, 2.24) is 19.6 Å². The van der Waals surface area contributed by atoms with Crippen molar-refractivity contribution in [2.24, 2.45) is 0 Å². The van der Waals surface area contributed by atoms with Gasteiger partial charge in [-0.15, -0.1) is 0 Å². The summed E-state index contributed by atoms with van der Waals surface area (Å²) in [5, 5.41) is 15.5. The van der Waals surface area contributed by atoms with E-state index in [1.54, 1.807) is 19.1 Å². The fraction of sp³-hybridized carbons (Fsp3) is 0.379. The zero-order chi connectivity index (χ0) is 31.1. The molecule has 0 saturated carbocycles. The molecule has 1 aliphatic heterocycles. The number of aromatic amines is 2. The smallest absolute Gasteiger partial charge is 0.459 e. The molecule has 0 bridgehead atoms. The highest BCUT2D eigenvalue weighted by Gasteiger charge is 2.55. The zero-order valence-corrected chi connectivity index (χ0v) is 25.0. The van der Waals surface area contributed by atoms with E-state index in [1.807, 2.05) is 49.2 Å². The van der Waals surface area contributed by atoms with Crippen LogP contribution >= 0.6 is 7.75 Å². The lowest BCUT2D eigenvalue weighted by molar-refractivity contribution is -0.0593. The predicted octanol–water partition coefficient (Wildman–Crippen LogP) is 4.28. The highest BCUT2D eigenvalue weighted by Crippen LogP contribution is 2.48. The summed E-state index contributed by atoms with van der Waals surface area (Å²) in [6.45, 7) is 9.64. The SMILES string of the molecule is C=C(OC(C)C)[C@H](C)NP(=O)(OC[C@H]1O[C@@H](n2ccc(=O)[nH]c2=O)[C@](C)(F)[C@@H]1O)Oc1ccc2c(c1)[nH]c1ccccc12. The number of nitrogens with zero attached hydrogens (tertiary/aromatic N) is 1. The number of alkyl halides is 1. The van der Waals surface area contributed by atoms with Crippen LogP contribution in [-0.2, 0) is 18.6 Å². The summed E-state index contributed by atoms with van der Waals surface area (Å²) in [6.07, 6.45) is -3.88. The Morgan fingerprint density at radius 3 is 2.60 bits per heavy atom. The van der Waals surface area contributed by atoms with Gasteiger partial charge in [0.25, 0.3) is 5.56 Å². The van der Waals surface area contributed by atoms with Crippen molar-refractivity contribution in [3.63, 3.8) is 0 Å². The number of hydrogen-bond donors (Lipinski definition) is 4. The molecule has 0 spiro atoms. The molecule has 6 atom stereocenters. The average molecular weight is 617 g/mol. The average Bonchev–Trinajstić information content (AvgIpc) is 3.40. The lowest BCUT2D eigenvalue weighted by atomic mass is 9.98. The van der Waals surface area contributed by atoms with E-state index in [0.29, 0.717) is 0 Å². The van der Waals surface area contributed by atoms with Crippen LogP contribution in [0.4, 0.5) is 4.39 Å². The van der Waals surface area contributed by atoms with E-state index in [-0.39, 0.29) is 17.6 Å². The first-order valence-corrected chi connectivity index (χ1v) is 15.2. The van der Waals surface area contributed by atoms with Crippen molar-refractivity contribution in [3.8, 4) is 5.75 Å². The molecule has 5 rings (SSSR count). The van der Waals surface area contributed by atoms with Gasteiger partial charge in [0.15, 0.2) is 11.9 Å². The first kappa shape index (κ1) is 30.7. The number of aliphatic hydroxyl groups is 1. The Morgan fingerprint density at radius 1 is 1.16 bits per heavy atom. The summed E-state index contributed by atoms with van der Waals surface area (Å²) in [4.78, 5) is 29.1. The highest BCUT2D eigenvalue weighted by atomic mass is 31.2. The molecule has 3 heterocycles. The minimum absolute atomic E-state index is 0.195. The first-order chi connectivity index (χ1) is 20.3. The molecule has 1 unspecified atom stereocenters. The van der Waals surface area contributed by atoms with Crippen LogP contribution in [0.1, 0.15) is 33.9 Å². The van der Waals surface area contributed by atoms with Gasteiger partial charge in [-0.1, -0.05) is 24.8 Å². The number of benzene rings is 2. The second-order valence-electron chi connectivity index (χ2n) is 10.9. The molecule has 2 aromatic heterocycles. The number of fused-ring (bicyclic) bond motifs is 3. The Labute approximate surface area is 246 Å². The Hall–Kier alpha value is -3.74. The molecular weight excluding hydrogens is 582 g/mol. The van der Waals surface area contributed by atoms with Crippen molar-refractivity contribution >= 4 is 29.6 Å². The summed E-state index contributed by atoms with van der Waals surface area (Å²) >= 11 is 0. The molecule has 0 amide bonds. The molecule has 12 nitrogen and oxygen atoms in total. The number of ether oxygens (including phenoxy) is 2. The maximum absolute atomic E-state index is 15.7. The summed E-state index contributed by atoms with van der Waals surface area (Å²) in [5.41, 5.74) is -2.41. The Morgan fingerprint density at radius 2 is 1.88 bits per heavy atom. The Kier molecular flexibility index (Phi) is 8.39. The highest BCUT2D eigenvalue weighted by molar-refractivity contribution is 7.52. The van der Waals surface area contributed by atoms with Crippen LogP contribution in [-0.4, -0.2) is 56.3 Å². The van der Waals surface area contributed by atoms with Crippen LogP contribution in [0, 0.1) is 0 Å². The Balaban J connectivity index is 1.40. The number of rotatable bonds is 11. The van der Waals surface area contributed by atoms with Crippen molar-refractivity contribution in [1.29, 1.82) is 0 Å². The van der Waals surface area contributed by atoms with E-state index < -0.39 is 55.7 Å². The van der Waals surface area contributed by atoms with Crippen LogP contribution in [0.3, 0.4) is 0 Å². The molecule has 43 heavy (non-hydrogen) atoms. The van der Waals surface area contributed by atoms with Gasteiger partial charge in [-0.25, -0.2) is 18.8 Å². The topological polar surface area (TPSA) is 157 Å². The maximum Gasteiger partial charge on any atom is 0.459 e. The minimum Gasteiger partial charge on any atom is -0.494 e. The van der Waals surface area contributed by atoms with Gasteiger partial charge in [-0.05, 0) is 45.9 Å². The van der Waals surface area contributed by atoms with Crippen molar-refractivity contribution in [2.45, 2.75) is 63.9 Å². The molecule has 1 aliphatic rings. The van der Waals surface area contributed by atoms with Gasteiger partial charge in [0.05, 0.1) is 24.3 Å². The molecule has 0 aliphatic carbocycles. The van der Waals surface area contributed by atoms with E-state index in [2.05, 4.69) is 16.7 Å². The van der Waals surface area contributed by atoms with Crippen LogP contribution in [0.5, 0.6) is 5.75 Å². The van der Waals surface area contributed by atoms with E-state index >= 15 is 4.39 Å². The van der Waals surface area contributed by atoms with Gasteiger partial charge in [0.2, 0.25) is 0 Å². The first-order valence-electron chi connectivity index (χ1n) is 13.7. The third kappa shape index (κ3) is 6.31. The Bertz CT molecular complexity index is 1820. The molecule has 4 aromatic rings. The third-order valence-electron chi connectivity index (χ3n) is 7.15. The lowest BCUT2D eigenvalue weighted by Gasteiger charge is -2.27. The molecule has 14 heteroatoms. The van der Waals surface area contributed by atoms with E-state index in [0.717, 1.165) is 45.6 Å². The fourth-order valence-corrected chi connectivity index (χ4v) is 6.50. The largest absolute Gasteiger partial charge is 0.494 e. The number of H-pyrrole nitrogens is 2. The molecule has 0 radical (unpaired) electrons. The number of nitrogens with one attached hydrogen (secondary N) is 3. The second kappa shape index (κ2) is 11.7. The van der Waals surface area contributed by atoms with Gasteiger partial charge in [-0.2, -0.15) is 0 Å². The minimum atomic E-state index is -4.27. The molecule has 2 aromatic carbocycles. The van der Waals surface area contributed by atoms with Gasteiger partial charge < -0.3 is 24.1 Å². The van der Waals surface area contributed by atoms with Gasteiger partial charge >= 0.3 is 13.4 Å². The van der Waals surface area contributed by atoms with Crippen molar-refractivity contribution < 1.29 is 32.6 Å². The lowest BCUT2D eigenvalue weighted by Crippen LogP contribution is -2.43. The summed E-state index contributed by atoms with van der Waals surface area (Å²) < 4.78 is 53.6. The molecule has 230 valence electrons. The molecule has 1 fully saturated rings. The van der Waals surface area contributed by atoms with Crippen LogP contribution < -0.4 is 20.9 Å². The molecule has 1 saturated heterocycles. The second-order valence-corrected chi connectivity index (χ2v) is 12.6. The summed E-state index contributed by atoms with van der Waals surface area (Å²) in [6, 6.07) is 13.2. The number of aliphatic hydroxyl groups excluding tert-OH is 1. The number of halogens is 1. The van der Waals surface area contributed by atoms with Gasteiger partial charge in [0.1, 0.15) is 23.7 Å². The fourth-order valence-electron chi connectivity index (χ4n) is 4.97. The predicted molar refractivity (Wildman–Crippen MR) is 159 cm³/mol. The van der Waals surface area contributed by atoms with Crippen LogP contribution in [0.2, 0.25) is 0 Å². The number of aromatic nitrogens is 3. The van der Waals surface area contributed by atoms with Gasteiger partial charge in [0, 0.05) is 34.6 Å². The van der Waals surface area contributed by atoms with Gasteiger partial charge in [-0.3, -0.25) is 18.9 Å². The number of para-hydroxylation sites is 1. The van der Waals surface area contributed by atoms with E-state index in [4.69, 9.17) is 18.5 Å². The maximum atomic E-state index is 15.7. The third-order valence-corrected chi connectivity index (χ3v) is 8.80. The summed E-state index contributed by atoms with van der Waals surface area (Å²) in [5.74, 6) is 0.484. The quantitative estimate of drug-likeness (QED) is 0.143. The standard InChI is InChI=1S/C29H34FN4O8P/c1-16(2)40-18(4)17(3)33-43(38,42-19-10-11-21-20-8-6-7-9-22(20)31-23(21)14-19)39-15-24-26(36)29(5,30)27(41-24)34-13-12-25(35)32-28(34)37/h6-14,16-17,24,26-27,31,36H,4,15H2,1-3,5H3,(H,33,38)(H,32,35,37)/t17-,24+,26+,27+,29+,43?/m0/s1.